The molecule has 10 heteroatoms. The second-order valence-electron chi connectivity index (χ2n) is 6.69. The number of imide groups is 1. The van der Waals surface area contributed by atoms with E-state index in [0.29, 0.717) is 22.7 Å². The van der Waals surface area contributed by atoms with Crippen LogP contribution in [0.15, 0.2) is 42.5 Å². The summed E-state index contributed by atoms with van der Waals surface area (Å²) in [7, 11) is 3.02. The fraction of sp³-hybridized carbons (Fsp3) is 0.286. The van der Waals surface area contributed by atoms with Crippen LogP contribution in [0, 0.1) is 0 Å². The van der Waals surface area contributed by atoms with Crippen molar-refractivity contribution in [2.45, 2.75) is 12.6 Å². The van der Waals surface area contributed by atoms with E-state index >= 15 is 0 Å². The molecule has 2 aromatic carbocycles. The van der Waals surface area contributed by atoms with Crippen LogP contribution in [0.1, 0.15) is 17.2 Å². The van der Waals surface area contributed by atoms with Crippen LogP contribution in [0.5, 0.6) is 11.5 Å². The first-order valence-corrected chi connectivity index (χ1v) is 10.4. The van der Waals surface area contributed by atoms with E-state index in [9.17, 15) is 19.5 Å². The summed E-state index contributed by atoms with van der Waals surface area (Å²) in [6.45, 7) is 0.163. The van der Waals surface area contributed by atoms with Crippen LogP contribution in [0.3, 0.4) is 0 Å². The van der Waals surface area contributed by atoms with Crippen molar-refractivity contribution in [3.05, 3.63) is 53.6 Å². The standard InChI is InChI=1S/C21H23N3O6S/c1-29-15-7-8-18(30-2)16(9-15)17(25)10-22-20(27)23-14-5-3-13(4-6-14)11-24-19(26)12-31-21(24)28/h3-9,17,25H,10-12H2,1-2H3,(H2,22,23,27). The number of hydrogen-bond donors (Lipinski definition) is 3. The SMILES string of the molecule is COc1ccc(OC)c(C(O)CNC(=O)Nc2ccc(CN3C(=O)CSC3=O)cc2)c1. The van der Waals surface area contributed by atoms with Crippen LogP contribution in [0.25, 0.3) is 0 Å². The summed E-state index contributed by atoms with van der Waals surface area (Å²) in [5, 5.41) is 15.5. The van der Waals surface area contributed by atoms with Gasteiger partial charge in [0.15, 0.2) is 0 Å². The van der Waals surface area contributed by atoms with Gasteiger partial charge in [-0.15, -0.1) is 0 Å². The molecular formula is C21H23N3O6S. The highest BCUT2D eigenvalue weighted by Gasteiger charge is 2.29. The molecule has 1 fully saturated rings. The molecule has 4 amide bonds. The number of carbonyl (C=O) groups excluding carboxylic acids is 3. The molecule has 164 valence electrons. The van der Waals surface area contributed by atoms with E-state index < -0.39 is 12.1 Å². The van der Waals surface area contributed by atoms with Crippen LogP contribution in [0.4, 0.5) is 15.3 Å². The number of aliphatic hydroxyl groups is 1. The van der Waals surface area contributed by atoms with Crippen LogP contribution in [0.2, 0.25) is 0 Å². The highest BCUT2D eigenvalue weighted by molar-refractivity contribution is 8.14. The molecule has 9 nitrogen and oxygen atoms in total. The number of hydrogen-bond acceptors (Lipinski definition) is 7. The lowest BCUT2D eigenvalue weighted by molar-refractivity contribution is -0.125. The van der Waals surface area contributed by atoms with Crippen LogP contribution in [-0.2, 0) is 11.3 Å². The molecule has 0 bridgehead atoms. The molecule has 3 rings (SSSR count). The van der Waals surface area contributed by atoms with Gasteiger partial charge in [0.2, 0.25) is 5.91 Å². The Kier molecular flexibility index (Phi) is 7.37. The van der Waals surface area contributed by atoms with E-state index in [1.54, 1.807) is 42.5 Å². The fourth-order valence-electron chi connectivity index (χ4n) is 2.98. The second kappa shape index (κ2) is 10.2. The van der Waals surface area contributed by atoms with Crippen molar-refractivity contribution in [2.24, 2.45) is 0 Å². The number of amides is 4. The first-order chi connectivity index (χ1) is 14.9. The van der Waals surface area contributed by atoms with Crippen molar-refractivity contribution in [3.8, 4) is 11.5 Å². The predicted octanol–water partition coefficient (Wildman–Crippen LogP) is 2.75. The Morgan fingerprint density at radius 1 is 1.16 bits per heavy atom. The number of nitrogens with zero attached hydrogens (tertiary/aromatic N) is 1. The predicted molar refractivity (Wildman–Crippen MR) is 116 cm³/mol. The van der Waals surface area contributed by atoms with Crippen molar-refractivity contribution < 1.29 is 29.0 Å². The van der Waals surface area contributed by atoms with Gasteiger partial charge in [0.1, 0.15) is 17.6 Å². The van der Waals surface area contributed by atoms with Crippen LogP contribution >= 0.6 is 11.8 Å². The molecule has 1 heterocycles. The summed E-state index contributed by atoms with van der Waals surface area (Å²) in [4.78, 5) is 36.8. The van der Waals surface area contributed by atoms with E-state index in [-0.39, 0.29) is 30.0 Å². The van der Waals surface area contributed by atoms with E-state index in [2.05, 4.69) is 10.6 Å². The molecule has 1 saturated heterocycles. The van der Waals surface area contributed by atoms with Crippen molar-refractivity contribution in [2.75, 3.05) is 31.8 Å². The van der Waals surface area contributed by atoms with Gasteiger partial charge in [-0.3, -0.25) is 14.5 Å². The number of benzene rings is 2. The van der Waals surface area contributed by atoms with Gasteiger partial charge < -0.3 is 25.2 Å². The Morgan fingerprint density at radius 3 is 2.52 bits per heavy atom. The molecule has 0 aromatic heterocycles. The van der Waals surface area contributed by atoms with Gasteiger partial charge in [-0.05, 0) is 35.9 Å². The maximum absolute atomic E-state index is 12.2. The molecule has 0 radical (unpaired) electrons. The first-order valence-electron chi connectivity index (χ1n) is 9.42. The fourth-order valence-corrected chi connectivity index (χ4v) is 3.71. The lowest BCUT2D eigenvalue weighted by Gasteiger charge is -2.17. The average Bonchev–Trinajstić information content (AvgIpc) is 3.10. The maximum atomic E-state index is 12.2. The lowest BCUT2D eigenvalue weighted by atomic mass is 10.1. The van der Waals surface area contributed by atoms with Crippen molar-refractivity contribution >= 4 is 34.6 Å². The molecule has 3 N–H and O–H groups in total. The number of thioether (sulfide) groups is 1. The van der Waals surface area contributed by atoms with Crippen molar-refractivity contribution in [1.29, 1.82) is 0 Å². The summed E-state index contributed by atoms with van der Waals surface area (Å²) in [5.41, 5.74) is 1.80. The third kappa shape index (κ3) is 5.68. The van der Waals surface area contributed by atoms with E-state index in [1.165, 1.54) is 19.1 Å². The largest absolute Gasteiger partial charge is 0.497 e. The number of ether oxygens (including phenoxy) is 2. The molecule has 2 aromatic rings. The Balaban J connectivity index is 1.53. The van der Waals surface area contributed by atoms with Gasteiger partial charge in [0.25, 0.3) is 5.24 Å². The number of aliphatic hydroxyl groups excluding tert-OH is 1. The van der Waals surface area contributed by atoms with Crippen LogP contribution in [-0.4, -0.2) is 53.7 Å². The minimum Gasteiger partial charge on any atom is -0.497 e. The highest BCUT2D eigenvalue weighted by atomic mass is 32.2. The lowest BCUT2D eigenvalue weighted by Crippen LogP contribution is -2.32. The molecule has 1 aliphatic heterocycles. The monoisotopic (exact) mass is 445 g/mol. The number of rotatable bonds is 8. The summed E-state index contributed by atoms with van der Waals surface area (Å²) < 4.78 is 10.4. The van der Waals surface area contributed by atoms with Gasteiger partial charge in [0, 0.05) is 17.8 Å². The minimum atomic E-state index is -0.994. The highest BCUT2D eigenvalue weighted by Crippen LogP contribution is 2.29. The molecule has 0 aliphatic carbocycles. The van der Waals surface area contributed by atoms with Gasteiger partial charge >= 0.3 is 6.03 Å². The van der Waals surface area contributed by atoms with Gasteiger partial charge in [0.05, 0.1) is 26.5 Å². The quantitative estimate of drug-likeness (QED) is 0.572. The summed E-state index contributed by atoms with van der Waals surface area (Å²) in [6, 6.07) is 11.4. The van der Waals surface area contributed by atoms with Crippen molar-refractivity contribution in [1.82, 2.24) is 10.2 Å². The smallest absolute Gasteiger partial charge is 0.319 e. The molecule has 1 unspecified atom stereocenters. The zero-order valence-electron chi connectivity index (χ0n) is 17.1. The average molecular weight is 445 g/mol. The zero-order chi connectivity index (χ0) is 22.4. The van der Waals surface area contributed by atoms with Crippen LogP contribution < -0.4 is 20.1 Å². The number of anilines is 1. The summed E-state index contributed by atoms with van der Waals surface area (Å²) in [5.74, 6) is 1.02. The third-order valence-electron chi connectivity index (χ3n) is 4.64. The molecular weight excluding hydrogens is 422 g/mol. The minimum absolute atomic E-state index is 0.0374. The second-order valence-corrected chi connectivity index (χ2v) is 7.62. The zero-order valence-corrected chi connectivity index (χ0v) is 17.9. The molecule has 0 saturated carbocycles. The number of carbonyl (C=O) groups is 3. The number of nitrogens with one attached hydrogen (secondary N) is 2. The molecule has 1 atom stereocenters. The normalized spacial score (nSPS) is 14.4. The topological polar surface area (TPSA) is 117 Å². The first kappa shape index (κ1) is 22.4. The van der Waals surface area contributed by atoms with Gasteiger partial charge in [-0.1, -0.05) is 23.9 Å². The Bertz CT molecular complexity index is 950. The van der Waals surface area contributed by atoms with Gasteiger partial charge in [-0.2, -0.15) is 0 Å². The molecule has 0 spiro atoms. The molecule has 1 aliphatic rings. The Labute approximate surface area is 183 Å². The summed E-state index contributed by atoms with van der Waals surface area (Å²) >= 11 is 0.992. The number of methoxy groups -OCH3 is 2. The maximum Gasteiger partial charge on any atom is 0.319 e. The Hall–Kier alpha value is -3.24. The van der Waals surface area contributed by atoms with Crippen molar-refractivity contribution in [3.63, 3.8) is 0 Å². The van der Waals surface area contributed by atoms with Gasteiger partial charge in [-0.25, -0.2) is 4.79 Å². The Morgan fingerprint density at radius 2 is 1.90 bits per heavy atom. The molecule has 31 heavy (non-hydrogen) atoms. The third-order valence-corrected chi connectivity index (χ3v) is 5.50. The summed E-state index contributed by atoms with van der Waals surface area (Å²) in [6.07, 6.45) is -0.994. The van der Waals surface area contributed by atoms with E-state index in [0.717, 1.165) is 17.3 Å². The van der Waals surface area contributed by atoms with E-state index in [4.69, 9.17) is 9.47 Å². The number of urea groups is 1. The van der Waals surface area contributed by atoms with E-state index in [1.807, 2.05) is 0 Å².